The molecule has 0 saturated heterocycles. The summed E-state index contributed by atoms with van der Waals surface area (Å²) in [4.78, 5) is 0. The maximum atomic E-state index is 9.49. The largest absolute Gasteiger partial charge is 0.393 e. The molecule has 17 heavy (non-hydrogen) atoms. The molecule has 0 unspecified atom stereocenters. The highest BCUT2D eigenvalue weighted by molar-refractivity contribution is 7.10. The first-order valence-corrected chi connectivity index (χ1v) is 7.21. The minimum atomic E-state index is -0.0949. The van der Waals surface area contributed by atoms with E-state index in [0.29, 0.717) is 12.0 Å². The summed E-state index contributed by atoms with van der Waals surface area (Å²) in [5, 5.41) is 14.2. The standard InChI is InChI=1S/C12H19N3OS/c13-11-10(7-1-2-7)12(17-15-11)14-8-3-5-9(16)6-4-8/h7-9,14,16H,1-6H2,(H2,13,15). The van der Waals surface area contributed by atoms with E-state index in [2.05, 4.69) is 9.69 Å². The van der Waals surface area contributed by atoms with Crippen molar-refractivity contribution in [3.05, 3.63) is 5.56 Å². The van der Waals surface area contributed by atoms with Crippen LogP contribution in [0.3, 0.4) is 0 Å². The number of aromatic nitrogens is 1. The monoisotopic (exact) mass is 253 g/mol. The molecule has 94 valence electrons. The van der Waals surface area contributed by atoms with Crippen molar-refractivity contribution in [2.75, 3.05) is 11.1 Å². The van der Waals surface area contributed by atoms with Crippen molar-refractivity contribution in [2.24, 2.45) is 0 Å². The Bertz CT molecular complexity index is 394. The number of nitrogen functional groups attached to an aromatic ring is 1. The normalized spacial score (nSPS) is 29.2. The fourth-order valence-corrected chi connectivity index (χ4v) is 3.46. The Morgan fingerprint density at radius 1 is 1.18 bits per heavy atom. The number of nitrogens with two attached hydrogens (primary N) is 1. The third-order valence-corrected chi connectivity index (χ3v) is 4.58. The van der Waals surface area contributed by atoms with Gasteiger partial charge in [0.1, 0.15) is 10.8 Å². The smallest absolute Gasteiger partial charge is 0.142 e. The van der Waals surface area contributed by atoms with Crippen molar-refractivity contribution in [1.29, 1.82) is 0 Å². The molecule has 0 radical (unpaired) electrons. The number of nitrogens with one attached hydrogen (secondary N) is 1. The van der Waals surface area contributed by atoms with Gasteiger partial charge in [-0.25, -0.2) is 0 Å². The van der Waals surface area contributed by atoms with Crippen LogP contribution in [0.5, 0.6) is 0 Å². The number of aliphatic hydroxyl groups excluding tert-OH is 1. The van der Waals surface area contributed by atoms with Gasteiger partial charge in [-0.05, 0) is 56.0 Å². The lowest BCUT2D eigenvalue weighted by atomic mass is 9.93. The molecule has 2 aliphatic carbocycles. The molecule has 0 bridgehead atoms. The number of nitrogens with zero attached hydrogens (tertiary/aromatic N) is 1. The molecule has 4 N–H and O–H groups in total. The van der Waals surface area contributed by atoms with Crippen molar-refractivity contribution in [3.63, 3.8) is 0 Å². The summed E-state index contributed by atoms with van der Waals surface area (Å²) in [5.41, 5.74) is 7.18. The van der Waals surface area contributed by atoms with Crippen LogP contribution in [0.25, 0.3) is 0 Å². The number of hydrogen-bond acceptors (Lipinski definition) is 5. The average molecular weight is 253 g/mol. The minimum Gasteiger partial charge on any atom is -0.393 e. The zero-order valence-electron chi connectivity index (χ0n) is 9.85. The Balaban J connectivity index is 1.68. The third kappa shape index (κ3) is 2.40. The van der Waals surface area contributed by atoms with Gasteiger partial charge >= 0.3 is 0 Å². The fraction of sp³-hybridized carbons (Fsp3) is 0.750. The predicted molar refractivity (Wildman–Crippen MR) is 70.4 cm³/mol. The van der Waals surface area contributed by atoms with E-state index in [9.17, 15) is 5.11 Å². The molecule has 5 heteroatoms. The van der Waals surface area contributed by atoms with E-state index in [1.54, 1.807) is 0 Å². The lowest BCUT2D eigenvalue weighted by molar-refractivity contribution is 0.126. The van der Waals surface area contributed by atoms with Gasteiger partial charge in [0.15, 0.2) is 0 Å². The molecule has 1 aromatic rings. The van der Waals surface area contributed by atoms with Crippen LogP contribution in [0.2, 0.25) is 0 Å². The van der Waals surface area contributed by atoms with E-state index < -0.39 is 0 Å². The average Bonchev–Trinajstić information content (AvgIpc) is 3.08. The second kappa shape index (κ2) is 4.46. The molecule has 0 amide bonds. The Morgan fingerprint density at radius 3 is 2.53 bits per heavy atom. The summed E-state index contributed by atoms with van der Waals surface area (Å²) in [6.45, 7) is 0. The molecule has 2 fully saturated rings. The van der Waals surface area contributed by atoms with Crippen molar-refractivity contribution in [2.45, 2.75) is 56.6 Å². The van der Waals surface area contributed by atoms with Crippen LogP contribution in [0.1, 0.15) is 50.0 Å². The second-order valence-corrected chi connectivity index (χ2v) is 6.01. The van der Waals surface area contributed by atoms with Crippen LogP contribution >= 0.6 is 11.5 Å². The van der Waals surface area contributed by atoms with E-state index >= 15 is 0 Å². The second-order valence-electron chi connectivity index (χ2n) is 5.23. The van der Waals surface area contributed by atoms with Gasteiger partial charge in [-0.2, -0.15) is 4.37 Å². The number of rotatable bonds is 3. The highest BCUT2D eigenvalue weighted by atomic mass is 32.1. The maximum Gasteiger partial charge on any atom is 0.142 e. The highest BCUT2D eigenvalue weighted by Gasteiger charge is 2.31. The summed E-state index contributed by atoms with van der Waals surface area (Å²) in [6, 6.07) is 0.482. The summed E-state index contributed by atoms with van der Waals surface area (Å²) in [7, 11) is 0. The molecule has 1 aromatic heterocycles. The van der Waals surface area contributed by atoms with Crippen LogP contribution in [-0.4, -0.2) is 21.6 Å². The maximum absolute atomic E-state index is 9.49. The van der Waals surface area contributed by atoms with Crippen molar-refractivity contribution in [1.82, 2.24) is 4.37 Å². The molecular formula is C12H19N3OS. The molecular weight excluding hydrogens is 234 g/mol. The van der Waals surface area contributed by atoms with Gasteiger partial charge in [-0.15, -0.1) is 0 Å². The lowest BCUT2D eigenvalue weighted by Gasteiger charge is -2.26. The van der Waals surface area contributed by atoms with Crippen LogP contribution in [0.15, 0.2) is 0 Å². The van der Waals surface area contributed by atoms with Crippen molar-refractivity contribution < 1.29 is 5.11 Å². The van der Waals surface area contributed by atoms with Crippen molar-refractivity contribution in [3.8, 4) is 0 Å². The van der Waals surface area contributed by atoms with E-state index in [-0.39, 0.29) is 6.10 Å². The van der Waals surface area contributed by atoms with Gasteiger partial charge in [0, 0.05) is 11.6 Å². The molecule has 0 aromatic carbocycles. The zero-order chi connectivity index (χ0) is 11.8. The lowest BCUT2D eigenvalue weighted by Crippen LogP contribution is -2.28. The first-order chi connectivity index (χ1) is 8.24. The summed E-state index contributed by atoms with van der Waals surface area (Å²) in [6.07, 6.45) is 6.31. The first-order valence-electron chi connectivity index (χ1n) is 6.43. The third-order valence-electron chi connectivity index (χ3n) is 3.77. The van der Waals surface area contributed by atoms with Crippen LogP contribution < -0.4 is 11.1 Å². The van der Waals surface area contributed by atoms with E-state index in [4.69, 9.17) is 5.73 Å². The topological polar surface area (TPSA) is 71.2 Å². The number of hydrogen-bond donors (Lipinski definition) is 3. The number of anilines is 2. The molecule has 0 aliphatic heterocycles. The first kappa shape index (κ1) is 11.3. The van der Waals surface area contributed by atoms with Gasteiger partial charge in [-0.3, -0.25) is 0 Å². The van der Waals surface area contributed by atoms with E-state index in [1.165, 1.54) is 34.9 Å². The Kier molecular flexibility index (Phi) is 2.96. The van der Waals surface area contributed by atoms with Gasteiger partial charge in [-0.1, -0.05) is 0 Å². The number of aliphatic hydroxyl groups is 1. The van der Waals surface area contributed by atoms with Crippen molar-refractivity contribution >= 4 is 22.4 Å². The molecule has 2 aliphatic rings. The summed E-state index contributed by atoms with van der Waals surface area (Å²) in [5.74, 6) is 1.36. The molecule has 1 heterocycles. The molecule has 0 atom stereocenters. The van der Waals surface area contributed by atoms with Crippen LogP contribution in [-0.2, 0) is 0 Å². The van der Waals surface area contributed by atoms with Gasteiger partial charge in [0.2, 0.25) is 0 Å². The minimum absolute atomic E-state index is 0.0949. The quantitative estimate of drug-likeness (QED) is 0.773. The summed E-state index contributed by atoms with van der Waals surface area (Å²) < 4.78 is 4.27. The predicted octanol–water partition coefficient (Wildman–Crippen LogP) is 2.32. The van der Waals surface area contributed by atoms with Crippen LogP contribution in [0, 0.1) is 0 Å². The molecule has 0 spiro atoms. The van der Waals surface area contributed by atoms with Gasteiger partial charge < -0.3 is 16.2 Å². The van der Waals surface area contributed by atoms with Crippen LogP contribution in [0.4, 0.5) is 10.8 Å². The Morgan fingerprint density at radius 2 is 1.88 bits per heavy atom. The molecule has 2 saturated carbocycles. The zero-order valence-corrected chi connectivity index (χ0v) is 10.7. The highest BCUT2D eigenvalue weighted by Crippen LogP contribution is 2.48. The fourth-order valence-electron chi connectivity index (χ4n) is 2.59. The summed E-state index contributed by atoms with van der Waals surface area (Å²) >= 11 is 1.49. The van der Waals surface area contributed by atoms with Gasteiger partial charge in [0.05, 0.1) is 6.10 Å². The molecule has 3 rings (SSSR count). The Labute approximate surface area is 105 Å². The molecule has 4 nitrogen and oxygen atoms in total. The Hall–Kier alpha value is -0.810. The van der Waals surface area contributed by atoms with E-state index in [1.807, 2.05) is 0 Å². The van der Waals surface area contributed by atoms with E-state index in [0.717, 1.165) is 31.5 Å². The van der Waals surface area contributed by atoms with Gasteiger partial charge in [0.25, 0.3) is 0 Å². The SMILES string of the molecule is Nc1nsc(NC2CCC(O)CC2)c1C1CC1.